The third-order valence-corrected chi connectivity index (χ3v) is 5.76. The first-order chi connectivity index (χ1) is 10.0. The summed E-state index contributed by atoms with van der Waals surface area (Å²) < 4.78 is 35.3. The van der Waals surface area contributed by atoms with Crippen LogP contribution >= 0.6 is 0 Å². The predicted octanol–water partition coefficient (Wildman–Crippen LogP) is 1.13. The van der Waals surface area contributed by atoms with E-state index in [1.807, 2.05) is 11.5 Å². The lowest BCUT2D eigenvalue weighted by atomic mass is 10.1. The zero-order valence-corrected chi connectivity index (χ0v) is 13.1. The molecule has 2 heterocycles. The molecule has 0 spiro atoms. The Morgan fingerprint density at radius 2 is 2.24 bits per heavy atom. The van der Waals surface area contributed by atoms with Crippen LogP contribution < -0.4 is 10.5 Å². The van der Waals surface area contributed by atoms with Gasteiger partial charge in [-0.05, 0) is 38.7 Å². The van der Waals surface area contributed by atoms with E-state index in [-0.39, 0.29) is 12.1 Å². The summed E-state index contributed by atoms with van der Waals surface area (Å²) in [5.74, 6) is 0. The molecule has 1 aliphatic carbocycles. The van der Waals surface area contributed by atoms with Crippen LogP contribution in [-0.2, 0) is 21.3 Å². The average Bonchev–Trinajstić information content (AvgIpc) is 2.98. The van der Waals surface area contributed by atoms with Crippen molar-refractivity contribution < 1.29 is 13.2 Å². The number of ether oxygens (including phenoxy) is 1. The van der Waals surface area contributed by atoms with Gasteiger partial charge in [-0.15, -0.1) is 0 Å². The van der Waals surface area contributed by atoms with Gasteiger partial charge in [-0.25, -0.2) is 13.1 Å². The maximum atomic E-state index is 12.5. The van der Waals surface area contributed by atoms with E-state index >= 15 is 0 Å². The number of nitrogens with one attached hydrogen (secondary N) is 1. The van der Waals surface area contributed by atoms with Crippen LogP contribution in [0.1, 0.15) is 44.3 Å². The molecule has 2 aliphatic rings. The molecule has 2 atom stereocenters. The maximum absolute atomic E-state index is 12.5. The van der Waals surface area contributed by atoms with Gasteiger partial charge in [0.25, 0.3) is 0 Å². The summed E-state index contributed by atoms with van der Waals surface area (Å²) in [4.78, 5) is 0.305. The number of aromatic nitrogens is 1. The summed E-state index contributed by atoms with van der Waals surface area (Å²) in [5, 5.41) is 0. The highest BCUT2D eigenvalue weighted by atomic mass is 32.2. The fraction of sp³-hybridized carbons (Fsp3) is 0.714. The molecule has 2 fully saturated rings. The van der Waals surface area contributed by atoms with E-state index in [9.17, 15) is 8.42 Å². The van der Waals surface area contributed by atoms with Crippen molar-refractivity contribution >= 4 is 10.0 Å². The summed E-state index contributed by atoms with van der Waals surface area (Å²) in [7, 11) is -3.52. The molecule has 3 N–H and O–H groups in total. The lowest BCUT2D eigenvalue weighted by molar-refractivity contribution is 0.0902. The van der Waals surface area contributed by atoms with Crippen molar-refractivity contribution in [1.82, 2.24) is 9.29 Å². The van der Waals surface area contributed by atoms with Gasteiger partial charge in [-0.2, -0.15) is 0 Å². The van der Waals surface area contributed by atoms with Crippen LogP contribution in [0.15, 0.2) is 17.2 Å². The normalized spacial score (nSPS) is 24.4. The van der Waals surface area contributed by atoms with Gasteiger partial charge in [0.15, 0.2) is 0 Å². The number of nitrogens with zero attached hydrogens (tertiary/aromatic N) is 1. The van der Waals surface area contributed by atoms with Gasteiger partial charge in [0.2, 0.25) is 10.0 Å². The van der Waals surface area contributed by atoms with E-state index in [1.54, 1.807) is 12.3 Å². The Kier molecular flexibility index (Phi) is 4.09. The van der Waals surface area contributed by atoms with Crippen molar-refractivity contribution in [3.63, 3.8) is 0 Å². The second-order valence-corrected chi connectivity index (χ2v) is 7.69. The molecular weight excluding hydrogens is 290 g/mol. The Morgan fingerprint density at radius 3 is 2.81 bits per heavy atom. The van der Waals surface area contributed by atoms with Gasteiger partial charge in [0, 0.05) is 37.1 Å². The highest BCUT2D eigenvalue weighted by molar-refractivity contribution is 7.89. The smallest absolute Gasteiger partial charge is 0.242 e. The first-order valence-electron chi connectivity index (χ1n) is 7.56. The number of hydrogen-bond acceptors (Lipinski definition) is 4. The fourth-order valence-corrected chi connectivity index (χ4v) is 4.21. The average molecular weight is 313 g/mol. The van der Waals surface area contributed by atoms with Crippen LogP contribution in [0.3, 0.4) is 0 Å². The highest BCUT2D eigenvalue weighted by Gasteiger charge is 2.30. The van der Waals surface area contributed by atoms with Crippen molar-refractivity contribution in [2.24, 2.45) is 5.73 Å². The van der Waals surface area contributed by atoms with E-state index in [0.29, 0.717) is 24.1 Å². The first kappa shape index (κ1) is 15.0. The topological polar surface area (TPSA) is 86.4 Å². The monoisotopic (exact) mass is 313 g/mol. The molecule has 3 rings (SSSR count). The van der Waals surface area contributed by atoms with Crippen molar-refractivity contribution in [1.29, 1.82) is 0 Å². The molecule has 1 aromatic rings. The van der Waals surface area contributed by atoms with Crippen LogP contribution in [0.2, 0.25) is 0 Å². The van der Waals surface area contributed by atoms with E-state index in [0.717, 1.165) is 31.4 Å². The molecule has 1 aromatic heterocycles. The number of hydrogen-bond donors (Lipinski definition) is 2. The minimum absolute atomic E-state index is 0.0285. The van der Waals surface area contributed by atoms with Crippen LogP contribution in [-0.4, -0.2) is 31.7 Å². The van der Waals surface area contributed by atoms with Crippen LogP contribution in [0.4, 0.5) is 0 Å². The van der Waals surface area contributed by atoms with Crippen LogP contribution in [0.25, 0.3) is 0 Å². The fourth-order valence-electron chi connectivity index (χ4n) is 2.89. The molecule has 21 heavy (non-hydrogen) atoms. The third-order valence-electron chi connectivity index (χ3n) is 4.23. The number of nitrogens with two attached hydrogens (primary N) is 1. The summed E-state index contributed by atoms with van der Waals surface area (Å²) in [6.07, 6.45) is 5.78. The zero-order chi connectivity index (χ0) is 15.0. The SMILES string of the molecule is CC(NS(=O)(=O)c1cc(CN)n(C2CC2)c1)C1CCCO1. The minimum atomic E-state index is -3.52. The molecule has 118 valence electrons. The van der Waals surface area contributed by atoms with Gasteiger partial charge in [0.1, 0.15) is 0 Å². The first-order valence-corrected chi connectivity index (χ1v) is 9.04. The second-order valence-electron chi connectivity index (χ2n) is 5.97. The summed E-state index contributed by atoms with van der Waals surface area (Å²) in [5.41, 5.74) is 6.60. The molecule has 2 unspecified atom stereocenters. The third kappa shape index (κ3) is 3.15. The van der Waals surface area contributed by atoms with Crippen molar-refractivity contribution in [3.05, 3.63) is 18.0 Å². The van der Waals surface area contributed by atoms with Crippen LogP contribution in [0, 0.1) is 0 Å². The minimum Gasteiger partial charge on any atom is -0.377 e. The summed E-state index contributed by atoms with van der Waals surface area (Å²) in [6.45, 7) is 2.93. The maximum Gasteiger partial charge on any atom is 0.242 e. The Morgan fingerprint density at radius 1 is 1.48 bits per heavy atom. The van der Waals surface area contributed by atoms with Crippen molar-refractivity contribution in [2.75, 3.05) is 6.61 Å². The van der Waals surface area contributed by atoms with Gasteiger partial charge in [-0.1, -0.05) is 0 Å². The molecular formula is C14H23N3O3S. The molecule has 0 radical (unpaired) electrons. The lowest BCUT2D eigenvalue weighted by Gasteiger charge is -2.19. The second kappa shape index (κ2) is 5.72. The van der Waals surface area contributed by atoms with Crippen molar-refractivity contribution in [2.45, 2.75) is 62.2 Å². The molecule has 0 aromatic carbocycles. The number of rotatable bonds is 6. The molecule has 0 bridgehead atoms. The Hall–Kier alpha value is -0.890. The Bertz CT molecular complexity index is 601. The van der Waals surface area contributed by atoms with E-state index in [4.69, 9.17) is 10.5 Å². The van der Waals surface area contributed by atoms with Gasteiger partial charge >= 0.3 is 0 Å². The summed E-state index contributed by atoms with van der Waals surface area (Å²) >= 11 is 0. The van der Waals surface area contributed by atoms with Crippen molar-refractivity contribution in [3.8, 4) is 0 Å². The standard InChI is InChI=1S/C14H23N3O3S/c1-10(14-3-2-6-20-14)16-21(18,19)13-7-12(8-15)17(9-13)11-4-5-11/h7,9-11,14,16H,2-6,8,15H2,1H3. The lowest BCUT2D eigenvalue weighted by Crippen LogP contribution is -2.40. The summed E-state index contributed by atoms with van der Waals surface area (Å²) in [6, 6.07) is 1.88. The Balaban J connectivity index is 1.77. The largest absolute Gasteiger partial charge is 0.377 e. The predicted molar refractivity (Wildman–Crippen MR) is 79.4 cm³/mol. The van der Waals surface area contributed by atoms with E-state index in [2.05, 4.69) is 4.72 Å². The molecule has 0 amide bonds. The quantitative estimate of drug-likeness (QED) is 0.824. The van der Waals surface area contributed by atoms with E-state index in [1.165, 1.54) is 0 Å². The van der Waals surface area contributed by atoms with Gasteiger partial charge in [-0.3, -0.25) is 0 Å². The van der Waals surface area contributed by atoms with Gasteiger partial charge < -0.3 is 15.0 Å². The molecule has 7 heteroatoms. The molecule has 1 saturated carbocycles. The highest BCUT2D eigenvalue weighted by Crippen LogP contribution is 2.37. The molecule has 1 aliphatic heterocycles. The number of sulfonamides is 1. The Labute approximate surface area is 125 Å². The zero-order valence-electron chi connectivity index (χ0n) is 12.3. The van der Waals surface area contributed by atoms with Gasteiger partial charge in [0.05, 0.1) is 11.0 Å². The van der Waals surface area contributed by atoms with Crippen LogP contribution in [0.5, 0.6) is 0 Å². The molecule has 6 nitrogen and oxygen atoms in total. The molecule has 1 saturated heterocycles. The van der Waals surface area contributed by atoms with E-state index < -0.39 is 10.0 Å².